The Morgan fingerprint density at radius 2 is 0.384 bits per heavy atom. The van der Waals surface area contributed by atoms with Gasteiger partial charge in [-0.2, -0.15) is 0 Å². The number of hydrogen-bond donors (Lipinski definition) is 0. The van der Waals surface area contributed by atoms with E-state index in [-0.39, 0.29) is 5.82 Å². The molecule has 0 saturated carbocycles. The highest BCUT2D eigenvalue weighted by molar-refractivity contribution is 5.95. The van der Waals surface area contributed by atoms with E-state index in [1.165, 1.54) is 61.2 Å². The topological polar surface area (TPSA) is 31.4 Å². The molecule has 0 amide bonds. The first-order valence-electron chi connectivity index (χ1n) is 49.7. The first-order chi connectivity index (χ1) is 72.1. The minimum atomic E-state index is -0.788. The van der Waals surface area contributed by atoms with Crippen molar-refractivity contribution < 1.29 is 13.9 Å². The molecule has 6 nitrogen and oxygen atoms in total. The number of rotatable bonds is 26. The predicted octanol–water partition coefficient (Wildman–Crippen LogP) is 37.0. The molecule has 22 aromatic rings. The summed E-state index contributed by atoms with van der Waals surface area (Å²) >= 11 is 0. The molecule has 0 radical (unpaired) electrons. The van der Waals surface area contributed by atoms with E-state index in [2.05, 4.69) is 512 Å². The highest BCUT2D eigenvalue weighted by Crippen LogP contribution is 2.62. The average Bonchev–Trinajstić information content (AvgIpc) is 1.55. The second kappa shape index (κ2) is 37.6. The normalized spacial score (nSPS) is 14.1. The van der Waals surface area contributed by atoms with E-state index >= 15 is 4.39 Å². The first kappa shape index (κ1) is 88.5. The van der Waals surface area contributed by atoms with Gasteiger partial charge in [-0.3, -0.25) is 0 Å². The van der Waals surface area contributed by atoms with Crippen LogP contribution in [-0.4, -0.2) is 0 Å². The Labute approximate surface area is 851 Å². The van der Waals surface area contributed by atoms with Gasteiger partial charge in [0.1, 0.15) is 28.8 Å². The molecule has 3 aliphatic carbocycles. The number of benzene rings is 22. The highest BCUT2D eigenvalue weighted by Gasteiger charge is 2.50. The zero-order valence-corrected chi connectivity index (χ0v) is 80.1. The maximum absolute atomic E-state index is 15.2. The van der Waals surface area contributed by atoms with E-state index in [9.17, 15) is 0 Å². The number of ether oxygens (including phenoxy) is 2. The summed E-state index contributed by atoms with van der Waals surface area (Å²) in [7, 11) is 0. The second-order valence-corrected chi connectivity index (χ2v) is 37.5. The van der Waals surface area contributed by atoms with Gasteiger partial charge in [-0.05, 0) is 340 Å². The van der Waals surface area contributed by atoms with Crippen LogP contribution in [0, 0.1) is 5.82 Å². The minimum absolute atomic E-state index is 0.305. The van der Waals surface area contributed by atoms with Crippen LogP contribution < -0.4 is 29.1 Å². The van der Waals surface area contributed by atoms with E-state index < -0.39 is 16.2 Å². The molecule has 0 bridgehead atoms. The lowest BCUT2D eigenvalue weighted by Gasteiger charge is -2.36. The summed E-state index contributed by atoms with van der Waals surface area (Å²) in [6, 6.07) is 198. The fourth-order valence-electron chi connectivity index (χ4n) is 23.0. The molecule has 692 valence electrons. The maximum atomic E-state index is 15.2. The van der Waals surface area contributed by atoms with Crippen LogP contribution in [0.4, 0.5) is 72.6 Å². The van der Waals surface area contributed by atoms with Gasteiger partial charge < -0.3 is 29.1 Å². The van der Waals surface area contributed by atoms with Gasteiger partial charge in [-0.1, -0.05) is 371 Å². The highest BCUT2D eigenvalue weighted by atomic mass is 19.1. The van der Waals surface area contributed by atoms with Crippen LogP contribution in [0.25, 0.3) is 67.8 Å². The molecule has 0 aliphatic heterocycles. The van der Waals surface area contributed by atoms with Crippen LogP contribution in [0.2, 0.25) is 0 Å². The Hall–Kier alpha value is -19.0. The molecule has 0 saturated heterocycles. The van der Waals surface area contributed by atoms with Crippen LogP contribution in [-0.2, 0) is 16.2 Å². The Balaban J connectivity index is 0.532. The van der Waals surface area contributed by atoms with Gasteiger partial charge in [-0.15, -0.1) is 0 Å². The van der Waals surface area contributed by atoms with Gasteiger partial charge in [0.25, 0.3) is 0 Å². The Morgan fingerprint density at radius 1 is 0.171 bits per heavy atom. The van der Waals surface area contributed by atoms with Crippen molar-refractivity contribution in [2.75, 3.05) is 19.6 Å². The fraction of sp³-hybridized carbons (Fsp3) is 0.0216. The standard InChI is InChI=1S/C139H97FN4O2/c1-3-96-52-82-121(83-53-96)145-123-86-64-104(65-87-123)137(102-30-10-5-11-31-102)131-48-24-22-46-127(131)129-90-80-119(94-135(129)137)143(111-40-18-9-19-41-111)114-74-60-100(61-75-114)98-56-70-112(71-57-98)141(109-36-14-7-15-37-109)117-42-28-34-106(92-117)139(133-50-26-20-44-125(133)126-45-21-27-51-134(126)139)107-35-29-43-118(93-107)142(110-38-16-8-17-39-110)113-72-58-99(59-73-113)101-62-76-115(77-63-101)144(116-78-68-108(140)69-79-116)120-81-91-130-128-47-23-25-49-132(128)138(136(130)95-120,103-32-12-6-13-33-103)105-66-88-124(89-67-105)146-122-84-54-97(4-2)55-85-122/h3-95H,1-2H2. The lowest BCUT2D eigenvalue weighted by molar-refractivity contribution is 0.482. The van der Waals surface area contributed by atoms with Crippen molar-refractivity contribution >= 4 is 80.4 Å². The quantitative estimate of drug-likeness (QED) is 0.0537. The van der Waals surface area contributed by atoms with Gasteiger partial charge in [0, 0.05) is 68.2 Å². The number of halogens is 1. The molecule has 7 heteroatoms. The number of nitrogens with zero attached hydrogens (tertiary/aromatic N) is 4. The van der Waals surface area contributed by atoms with Crippen LogP contribution in [0.5, 0.6) is 23.0 Å². The molecule has 0 fully saturated rings. The molecule has 22 aromatic carbocycles. The minimum Gasteiger partial charge on any atom is -0.457 e. The summed E-state index contributed by atoms with van der Waals surface area (Å²) < 4.78 is 28.2. The number of hydrogen-bond acceptors (Lipinski definition) is 6. The molecule has 0 N–H and O–H groups in total. The molecule has 0 spiro atoms. The van der Waals surface area contributed by atoms with Gasteiger partial charge >= 0.3 is 0 Å². The van der Waals surface area contributed by atoms with Gasteiger partial charge in [0.05, 0.1) is 16.2 Å². The van der Waals surface area contributed by atoms with Crippen molar-refractivity contribution in [3.63, 3.8) is 0 Å². The molecule has 0 heterocycles. The van der Waals surface area contributed by atoms with Crippen molar-refractivity contribution in [1.82, 2.24) is 0 Å². The van der Waals surface area contributed by atoms with Gasteiger partial charge in [-0.25, -0.2) is 4.39 Å². The van der Waals surface area contributed by atoms with E-state index in [1.807, 2.05) is 72.8 Å². The third kappa shape index (κ3) is 15.4. The van der Waals surface area contributed by atoms with Gasteiger partial charge in [0.2, 0.25) is 0 Å². The molecular weight excluding hydrogens is 1780 g/mol. The SMILES string of the molecule is C=Cc1ccc(Oc2ccc(C3(c4ccccc4)c4ccccc4-c4ccc(N(c5ccccc5)c5ccc(-c6ccc(N(c7ccccc7)c7cccc(C8(c9cccc(N(c%10ccccc%10)c%10ccc(-c%11ccc(N(c%12ccc(F)cc%12)c%12ccc%13c(c%12)C(c%12ccccc%12)(c%12ccc(Oc%14ccc(C=C)cc%14)cc%12)c%12ccccc%12-%13)cc%11)cc%10)c9)c9ccccc9-c9ccccc98)c7)cc6)cc5)cc43)cc2)cc1. The molecule has 0 aromatic heterocycles. The van der Waals surface area contributed by atoms with E-state index in [0.717, 1.165) is 164 Å². The number of para-hydroxylation sites is 3. The lowest BCUT2D eigenvalue weighted by Crippen LogP contribution is -2.29. The third-order valence-corrected chi connectivity index (χ3v) is 29.6. The molecular formula is C139H97FN4O2. The van der Waals surface area contributed by atoms with Crippen LogP contribution in [0.3, 0.4) is 0 Å². The van der Waals surface area contributed by atoms with E-state index in [4.69, 9.17) is 9.47 Å². The summed E-state index contributed by atoms with van der Waals surface area (Å²) in [5, 5.41) is 0. The van der Waals surface area contributed by atoms with Crippen LogP contribution >= 0.6 is 0 Å². The van der Waals surface area contributed by atoms with E-state index in [1.54, 1.807) is 12.1 Å². The predicted molar refractivity (Wildman–Crippen MR) is 601 cm³/mol. The Kier molecular flexibility index (Phi) is 22.8. The molecule has 25 rings (SSSR count). The molecule has 2 atom stereocenters. The monoisotopic (exact) mass is 1870 g/mol. The van der Waals surface area contributed by atoms with Crippen molar-refractivity contribution in [1.29, 1.82) is 0 Å². The summed E-state index contributed by atoms with van der Waals surface area (Å²) in [6.07, 6.45) is 3.68. The third-order valence-electron chi connectivity index (χ3n) is 29.6. The summed E-state index contributed by atoms with van der Waals surface area (Å²) in [5.74, 6) is 2.71. The number of anilines is 12. The van der Waals surface area contributed by atoms with Gasteiger partial charge in [0.15, 0.2) is 0 Å². The van der Waals surface area contributed by atoms with Crippen LogP contribution in [0.15, 0.2) is 565 Å². The lowest BCUT2D eigenvalue weighted by atomic mass is 9.67. The zero-order valence-electron chi connectivity index (χ0n) is 80.1. The largest absolute Gasteiger partial charge is 0.457 e. The summed E-state index contributed by atoms with van der Waals surface area (Å²) in [4.78, 5) is 9.41. The van der Waals surface area contributed by atoms with Crippen molar-refractivity contribution in [2.24, 2.45) is 0 Å². The molecule has 3 aliphatic rings. The molecule has 146 heavy (non-hydrogen) atoms. The summed E-state index contributed by atoms with van der Waals surface area (Å²) in [5.41, 5.74) is 37.3. The van der Waals surface area contributed by atoms with Crippen LogP contribution in [0.1, 0.15) is 77.9 Å². The van der Waals surface area contributed by atoms with Crippen molar-refractivity contribution in [3.05, 3.63) is 649 Å². The Morgan fingerprint density at radius 3 is 0.678 bits per heavy atom. The maximum Gasteiger partial charge on any atom is 0.127 e. The first-order valence-corrected chi connectivity index (χ1v) is 49.7. The van der Waals surface area contributed by atoms with Crippen molar-refractivity contribution in [2.45, 2.75) is 16.2 Å². The van der Waals surface area contributed by atoms with Crippen molar-refractivity contribution in [3.8, 4) is 78.6 Å². The fourth-order valence-corrected chi connectivity index (χ4v) is 23.0. The van der Waals surface area contributed by atoms with E-state index in [0.29, 0.717) is 0 Å². The average molecular weight is 1870 g/mol. The summed E-state index contributed by atoms with van der Waals surface area (Å²) in [6.45, 7) is 7.88. The molecule has 2 unspecified atom stereocenters. The smallest absolute Gasteiger partial charge is 0.127 e. The Bertz CT molecular complexity index is 8540. The zero-order chi connectivity index (χ0) is 97.7. The number of fused-ring (bicyclic) bond motifs is 9. The second-order valence-electron chi connectivity index (χ2n) is 37.5.